The number of nitrogens with one attached hydrogen (secondary N) is 1. The van der Waals surface area contributed by atoms with E-state index in [1.807, 2.05) is 46.4 Å². The van der Waals surface area contributed by atoms with Crippen LogP contribution in [0.4, 0.5) is 4.79 Å². The molecule has 0 saturated carbocycles. The number of likely N-dealkylation sites (tertiary alicyclic amines) is 1. The average molecular weight is 348 g/mol. The fourth-order valence-corrected chi connectivity index (χ4v) is 1.96. The van der Waals surface area contributed by atoms with Gasteiger partial charge in [-0.3, -0.25) is 4.79 Å². The normalized spacial score (nSPS) is 15.0. The average Bonchev–Trinajstić information content (AvgIpc) is 3.22. The number of carbonyl (C=O) groups excluding carboxylic acids is 2. The number of amides is 3. The third-order valence-electron chi connectivity index (χ3n) is 3.06. The van der Waals surface area contributed by atoms with Crippen LogP contribution in [0, 0.1) is 0 Å². The van der Waals surface area contributed by atoms with Gasteiger partial charge in [0.15, 0.2) is 0 Å². The molecule has 6 heteroatoms. The second-order valence-electron chi connectivity index (χ2n) is 4.37. The van der Waals surface area contributed by atoms with E-state index in [1.54, 1.807) is 18.9 Å². The smallest absolute Gasteiger partial charge is 0.317 e. The predicted octanol–water partition coefficient (Wildman–Crippen LogP) is 3.37. The quantitative estimate of drug-likeness (QED) is 0.731. The maximum atomic E-state index is 10.9. The summed E-state index contributed by atoms with van der Waals surface area (Å²) in [6.07, 6.45) is 2.39. The SMILES string of the molecule is CC.CC.CC.CC(=O)N1CCCC1.CNC(=O)N1CCOCC1. The molecule has 0 aromatic heterocycles. The lowest BCUT2D eigenvalue weighted by molar-refractivity contribution is -0.127. The minimum atomic E-state index is -0.0108. The van der Waals surface area contributed by atoms with Gasteiger partial charge in [0.05, 0.1) is 13.2 Å². The van der Waals surface area contributed by atoms with E-state index in [4.69, 9.17) is 4.74 Å². The van der Waals surface area contributed by atoms with Crippen molar-refractivity contribution in [1.29, 1.82) is 0 Å². The summed E-state index contributed by atoms with van der Waals surface area (Å²) in [5.41, 5.74) is 0. The Morgan fingerprint density at radius 1 is 0.792 bits per heavy atom. The number of carbonyl (C=O) groups is 2. The van der Waals surface area contributed by atoms with Crippen molar-refractivity contribution in [2.45, 2.75) is 61.3 Å². The Bertz CT molecular complexity index is 275. The first kappa shape index (κ1) is 27.5. The van der Waals surface area contributed by atoms with Crippen LogP contribution in [0.25, 0.3) is 0 Å². The third kappa shape index (κ3) is 14.3. The molecule has 0 aromatic carbocycles. The molecule has 2 heterocycles. The van der Waals surface area contributed by atoms with Crippen molar-refractivity contribution >= 4 is 11.9 Å². The minimum absolute atomic E-state index is 0.0108. The number of hydrogen-bond acceptors (Lipinski definition) is 3. The standard InChI is InChI=1S/C6H12N2O2.C6H11NO.3C2H6/c1-7-6(9)8-2-4-10-5-3-8;1-6(8)7-4-2-3-5-7;3*1-2/h2-5H2,1H3,(H,7,9);2-5H2,1H3;3*1-2H3. The maximum absolute atomic E-state index is 10.9. The monoisotopic (exact) mass is 347 g/mol. The van der Waals surface area contributed by atoms with Gasteiger partial charge in [-0.25, -0.2) is 4.79 Å². The summed E-state index contributed by atoms with van der Waals surface area (Å²) in [6.45, 7) is 18.3. The van der Waals surface area contributed by atoms with Gasteiger partial charge in [0, 0.05) is 40.2 Å². The molecule has 2 fully saturated rings. The Morgan fingerprint density at radius 3 is 1.50 bits per heavy atom. The first-order valence-corrected chi connectivity index (χ1v) is 9.45. The summed E-state index contributed by atoms with van der Waals surface area (Å²) in [5, 5.41) is 2.57. The molecule has 0 unspecified atom stereocenters. The van der Waals surface area contributed by atoms with Crippen molar-refractivity contribution in [2.75, 3.05) is 46.4 Å². The highest BCUT2D eigenvalue weighted by Crippen LogP contribution is 2.06. The second kappa shape index (κ2) is 21.7. The molecular formula is C18H41N3O3. The molecule has 146 valence electrons. The van der Waals surface area contributed by atoms with Gasteiger partial charge < -0.3 is 19.9 Å². The fourth-order valence-electron chi connectivity index (χ4n) is 1.96. The number of morpholine rings is 1. The van der Waals surface area contributed by atoms with Crippen LogP contribution in [0.2, 0.25) is 0 Å². The molecule has 0 bridgehead atoms. The largest absolute Gasteiger partial charge is 0.378 e. The summed E-state index contributed by atoms with van der Waals surface area (Å²) >= 11 is 0. The van der Waals surface area contributed by atoms with E-state index < -0.39 is 0 Å². The molecule has 2 rings (SSSR count). The van der Waals surface area contributed by atoms with E-state index in [1.165, 1.54) is 12.8 Å². The van der Waals surface area contributed by atoms with Gasteiger partial charge in [-0.15, -0.1) is 0 Å². The molecular weight excluding hydrogens is 306 g/mol. The van der Waals surface area contributed by atoms with Crippen molar-refractivity contribution in [3.8, 4) is 0 Å². The molecule has 2 aliphatic heterocycles. The first-order valence-electron chi connectivity index (χ1n) is 9.45. The molecule has 6 nitrogen and oxygen atoms in total. The highest BCUT2D eigenvalue weighted by atomic mass is 16.5. The predicted molar refractivity (Wildman–Crippen MR) is 102 cm³/mol. The number of rotatable bonds is 0. The van der Waals surface area contributed by atoms with E-state index in [-0.39, 0.29) is 11.9 Å². The summed E-state index contributed by atoms with van der Waals surface area (Å²) in [7, 11) is 1.64. The van der Waals surface area contributed by atoms with Crippen molar-refractivity contribution in [3.63, 3.8) is 0 Å². The second-order valence-corrected chi connectivity index (χ2v) is 4.37. The Kier molecular flexibility index (Phi) is 24.9. The lowest BCUT2D eigenvalue weighted by Crippen LogP contribution is -2.44. The Labute approximate surface area is 149 Å². The van der Waals surface area contributed by atoms with Gasteiger partial charge in [-0.05, 0) is 12.8 Å². The maximum Gasteiger partial charge on any atom is 0.317 e. The van der Waals surface area contributed by atoms with Gasteiger partial charge in [0.2, 0.25) is 5.91 Å². The van der Waals surface area contributed by atoms with Crippen LogP contribution in [0.3, 0.4) is 0 Å². The molecule has 0 radical (unpaired) electrons. The van der Waals surface area contributed by atoms with Crippen LogP contribution in [0.5, 0.6) is 0 Å². The Balaban J connectivity index is -0.000000284. The number of nitrogens with zero attached hydrogens (tertiary/aromatic N) is 2. The molecule has 24 heavy (non-hydrogen) atoms. The van der Waals surface area contributed by atoms with Crippen LogP contribution < -0.4 is 5.32 Å². The van der Waals surface area contributed by atoms with Crippen LogP contribution in [0.1, 0.15) is 61.3 Å². The molecule has 0 atom stereocenters. The highest BCUT2D eigenvalue weighted by Gasteiger charge is 2.14. The molecule has 0 aliphatic carbocycles. The van der Waals surface area contributed by atoms with E-state index in [0.29, 0.717) is 26.3 Å². The zero-order chi connectivity index (χ0) is 19.4. The molecule has 2 saturated heterocycles. The zero-order valence-corrected chi connectivity index (χ0v) is 17.3. The number of urea groups is 1. The highest BCUT2D eigenvalue weighted by molar-refractivity contribution is 5.74. The molecule has 2 aliphatic rings. The van der Waals surface area contributed by atoms with Gasteiger partial charge in [0.25, 0.3) is 0 Å². The molecule has 0 spiro atoms. The van der Waals surface area contributed by atoms with Crippen LogP contribution in [-0.4, -0.2) is 68.2 Å². The van der Waals surface area contributed by atoms with Gasteiger partial charge in [-0.1, -0.05) is 41.5 Å². The molecule has 3 amide bonds. The minimum Gasteiger partial charge on any atom is -0.378 e. The van der Waals surface area contributed by atoms with Crippen LogP contribution in [0.15, 0.2) is 0 Å². The van der Waals surface area contributed by atoms with Crippen LogP contribution >= 0.6 is 0 Å². The van der Waals surface area contributed by atoms with Crippen LogP contribution in [-0.2, 0) is 9.53 Å². The van der Waals surface area contributed by atoms with Crippen molar-refractivity contribution < 1.29 is 14.3 Å². The summed E-state index contributed by atoms with van der Waals surface area (Å²) in [6, 6.07) is -0.0108. The fraction of sp³-hybridized carbons (Fsp3) is 0.889. The Hall–Kier alpha value is -1.30. The van der Waals surface area contributed by atoms with E-state index >= 15 is 0 Å². The number of ether oxygens (including phenoxy) is 1. The topological polar surface area (TPSA) is 61.9 Å². The van der Waals surface area contributed by atoms with E-state index in [9.17, 15) is 9.59 Å². The lowest BCUT2D eigenvalue weighted by Gasteiger charge is -2.26. The Morgan fingerprint density at radius 2 is 1.21 bits per heavy atom. The third-order valence-corrected chi connectivity index (χ3v) is 3.06. The van der Waals surface area contributed by atoms with Crippen molar-refractivity contribution in [1.82, 2.24) is 15.1 Å². The van der Waals surface area contributed by atoms with Gasteiger partial charge >= 0.3 is 6.03 Å². The van der Waals surface area contributed by atoms with Crippen molar-refractivity contribution in [3.05, 3.63) is 0 Å². The lowest BCUT2D eigenvalue weighted by atomic mass is 10.4. The summed E-state index contributed by atoms with van der Waals surface area (Å²) in [5.74, 6) is 0.225. The summed E-state index contributed by atoms with van der Waals surface area (Å²) < 4.78 is 5.07. The van der Waals surface area contributed by atoms with Crippen molar-refractivity contribution in [2.24, 2.45) is 0 Å². The summed E-state index contributed by atoms with van der Waals surface area (Å²) in [4.78, 5) is 25.1. The van der Waals surface area contributed by atoms with E-state index in [2.05, 4.69) is 5.32 Å². The zero-order valence-electron chi connectivity index (χ0n) is 17.3. The molecule has 0 aromatic rings. The van der Waals surface area contributed by atoms with Gasteiger partial charge in [-0.2, -0.15) is 0 Å². The first-order chi connectivity index (χ1) is 11.6. The number of hydrogen-bond donors (Lipinski definition) is 1. The molecule has 1 N–H and O–H groups in total. The van der Waals surface area contributed by atoms with E-state index in [0.717, 1.165) is 13.1 Å². The van der Waals surface area contributed by atoms with Gasteiger partial charge in [0.1, 0.15) is 0 Å².